The van der Waals surface area contributed by atoms with Gasteiger partial charge in [0.25, 0.3) is 0 Å². The summed E-state index contributed by atoms with van der Waals surface area (Å²) in [5, 5.41) is 11.9. The normalized spacial score (nSPS) is 12.9. The summed E-state index contributed by atoms with van der Waals surface area (Å²) in [6.45, 7) is 7.69. The van der Waals surface area contributed by atoms with Crippen LogP contribution >= 0.6 is 7.72 Å². The average molecular weight is 467 g/mol. The Kier molecular flexibility index (Phi) is 8.07. The summed E-state index contributed by atoms with van der Waals surface area (Å²) in [5.74, 6) is -0.401. The van der Waals surface area contributed by atoms with E-state index in [2.05, 4.69) is 0 Å². The number of carbonyl (C=O) groups excluding carboxylic acids is 1. The van der Waals surface area contributed by atoms with Crippen molar-refractivity contribution in [1.82, 2.24) is 0 Å². The van der Waals surface area contributed by atoms with Crippen LogP contribution < -0.4 is 10.6 Å². The molecule has 0 bridgehead atoms. The summed E-state index contributed by atoms with van der Waals surface area (Å²) in [6.07, 6.45) is 2.17. The molecular weight excluding hydrogens is 431 g/mol. The first kappa shape index (κ1) is 25.1. The van der Waals surface area contributed by atoms with Crippen molar-refractivity contribution in [3.8, 4) is 0 Å². The molecule has 5 heteroatoms. The van der Waals surface area contributed by atoms with E-state index in [0.29, 0.717) is 18.4 Å². The molecule has 3 aromatic carbocycles. The third kappa shape index (κ3) is 6.98. The summed E-state index contributed by atoms with van der Waals surface area (Å²) in [7, 11) is -3.44. The molecule has 3 rings (SSSR count). The number of benzene rings is 3. The monoisotopic (exact) mass is 466 g/mol. The standard InChI is InChI=1S/C28H35O4P/c1-27(2,30)21-14-22-28(3,4)32-33(24-17-10-6-11-18-24,25-19-12-7-13-20-25)31-26(29)23-15-8-5-9-16-23/h5-13,15-20,30,33H,14,21-22H2,1-4H3. The summed E-state index contributed by atoms with van der Waals surface area (Å²) < 4.78 is 13.3. The Morgan fingerprint density at radius 2 is 1.21 bits per heavy atom. The molecule has 0 atom stereocenters. The van der Waals surface area contributed by atoms with E-state index in [4.69, 9.17) is 9.05 Å². The van der Waals surface area contributed by atoms with Crippen LogP contribution in [0.4, 0.5) is 0 Å². The van der Waals surface area contributed by atoms with Crippen LogP contribution in [0.1, 0.15) is 57.3 Å². The predicted octanol–water partition coefficient (Wildman–Crippen LogP) is 5.81. The van der Waals surface area contributed by atoms with E-state index in [1.54, 1.807) is 12.1 Å². The number of rotatable bonds is 10. The molecule has 0 aliphatic carbocycles. The summed E-state index contributed by atoms with van der Waals surface area (Å²) in [4.78, 5) is 13.3. The third-order valence-corrected chi connectivity index (χ3v) is 9.04. The van der Waals surface area contributed by atoms with Gasteiger partial charge in [-0.1, -0.05) is 0 Å². The first-order chi connectivity index (χ1) is 15.6. The molecule has 176 valence electrons. The SMILES string of the molecule is CC(C)(O)CCCC(C)(C)O[PH](OC(=O)c1ccccc1)(c1ccccc1)c1ccccc1. The van der Waals surface area contributed by atoms with Crippen LogP contribution in [0.2, 0.25) is 0 Å². The van der Waals surface area contributed by atoms with Gasteiger partial charge >= 0.3 is 198 Å². The Labute approximate surface area is 198 Å². The first-order valence-corrected chi connectivity index (χ1v) is 13.2. The Morgan fingerprint density at radius 3 is 1.67 bits per heavy atom. The number of hydrogen-bond donors (Lipinski definition) is 1. The molecule has 0 aliphatic rings. The molecule has 0 saturated heterocycles. The van der Waals surface area contributed by atoms with Gasteiger partial charge in [-0.2, -0.15) is 0 Å². The molecular formula is C28H35O4P. The maximum absolute atomic E-state index is 13.3. The Balaban J connectivity index is 2.04. The van der Waals surface area contributed by atoms with Gasteiger partial charge in [-0.3, -0.25) is 0 Å². The van der Waals surface area contributed by atoms with Crippen LogP contribution in [-0.2, 0) is 9.05 Å². The van der Waals surface area contributed by atoms with Gasteiger partial charge in [0, 0.05) is 0 Å². The van der Waals surface area contributed by atoms with E-state index in [1.165, 1.54) is 0 Å². The third-order valence-electron chi connectivity index (χ3n) is 5.54. The molecule has 4 nitrogen and oxygen atoms in total. The van der Waals surface area contributed by atoms with Gasteiger partial charge < -0.3 is 0 Å². The van der Waals surface area contributed by atoms with Crippen LogP contribution in [0.15, 0.2) is 91.0 Å². The fraction of sp³-hybridized carbons (Fsp3) is 0.321. The van der Waals surface area contributed by atoms with E-state index in [1.807, 2.05) is 107 Å². The minimum atomic E-state index is -3.44. The second-order valence-corrected chi connectivity index (χ2v) is 12.4. The molecule has 0 radical (unpaired) electrons. The van der Waals surface area contributed by atoms with Crippen molar-refractivity contribution in [1.29, 1.82) is 0 Å². The number of carbonyl (C=O) groups is 1. The van der Waals surface area contributed by atoms with Crippen LogP contribution in [0, 0.1) is 0 Å². The second-order valence-electron chi connectivity index (χ2n) is 9.63. The molecule has 0 aromatic heterocycles. The van der Waals surface area contributed by atoms with Crippen molar-refractivity contribution < 1.29 is 18.9 Å². The zero-order chi connectivity index (χ0) is 24.0. The molecule has 0 unspecified atom stereocenters. The first-order valence-electron chi connectivity index (χ1n) is 11.4. The second kappa shape index (κ2) is 10.6. The quantitative estimate of drug-likeness (QED) is 0.383. The molecule has 0 amide bonds. The van der Waals surface area contributed by atoms with E-state index < -0.39 is 24.9 Å². The molecule has 3 aromatic rings. The van der Waals surface area contributed by atoms with Crippen molar-refractivity contribution in [2.75, 3.05) is 0 Å². The van der Waals surface area contributed by atoms with Gasteiger partial charge in [0.2, 0.25) is 0 Å². The van der Waals surface area contributed by atoms with Crippen molar-refractivity contribution in [3.05, 3.63) is 96.6 Å². The van der Waals surface area contributed by atoms with E-state index in [-0.39, 0.29) is 0 Å². The van der Waals surface area contributed by atoms with Crippen molar-refractivity contribution in [2.24, 2.45) is 0 Å². The molecule has 0 fully saturated rings. The summed E-state index contributed by atoms with van der Waals surface area (Å²) >= 11 is 0. The van der Waals surface area contributed by atoms with Crippen LogP contribution in [0.25, 0.3) is 0 Å². The van der Waals surface area contributed by atoms with Crippen LogP contribution in [0.3, 0.4) is 0 Å². The zero-order valence-electron chi connectivity index (χ0n) is 20.0. The van der Waals surface area contributed by atoms with Crippen LogP contribution in [0.5, 0.6) is 0 Å². The topological polar surface area (TPSA) is 55.8 Å². The van der Waals surface area contributed by atoms with Gasteiger partial charge in [0.05, 0.1) is 0 Å². The maximum atomic E-state index is 13.3. The van der Waals surface area contributed by atoms with Crippen LogP contribution in [-0.4, -0.2) is 22.3 Å². The Bertz CT molecular complexity index is 973. The van der Waals surface area contributed by atoms with Crippen molar-refractivity contribution in [3.63, 3.8) is 0 Å². The summed E-state index contributed by atoms with van der Waals surface area (Å²) in [6, 6.07) is 28.6. The number of hydrogen-bond acceptors (Lipinski definition) is 4. The summed E-state index contributed by atoms with van der Waals surface area (Å²) in [5.41, 5.74) is -0.826. The average Bonchev–Trinajstić information content (AvgIpc) is 2.79. The molecule has 0 heterocycles. The molecule has 0 saturated carbocycles. The Morgan fingerprint density at radius 1 is 0.758 bits per heavy atom. The van der Waals surface area contributed by atoms with Gasteiger partial charge in [-0.05, 0) is 0 Å². The van der Waals surface area contributed by atoms with Gasteiger partial charge in [-0.15, -0.1) is 0 Å². The molecule has 1 N–H and O–H groups in total. The number of aliphatic hydroxyl groups is 1. The fourth-order valence-electron chi connectivity index (χ4n) is 3.89. The van der Waals surface area contributed by atoms with Crippen molar-refractivity contribution in [2.45, 2.75) is 58.2 Å². The van der Waals surface area contributed by atoms with E-state index in [0.717, 1.165) is 17.0 Å². The Hall–Kier alpha value is -2.52. The molecule has 0 aliphatic heterocycles. The fourth-order valence-corrected chi connectivity index (χ4v) is 7.26. The zero-order valence-corrected chi connectivity index (χ0v) is 21.0. The molecule has 33 heavy (non-hydrogen) atoms. The van der Waals surface area contributed by atoms with E-state index >= 15 is 0 Å². The van der Waals surface area contributed by atoms with Crippen molar-refractivity contribution >= 4 is 24.3 Å². The predicted molar refractivity (Wildman–Crippen MR) is 138 cm³/mol. The van der Waals surface area contributed by atoms with Gasteiger partial charge in [0.15, 0.2) is 0 Å². The van der Waals surface area contributed by atoms with Gasteiger partial charge in [-0.25, -0.2) is 0 Å². The molecule has 0 spiro atoms. The van der Waals surface area contributed by atoms with Gasteiger partial charge in [0.1, 0.15) is 0 Å². The minimum absolute atomic E-state index is 0.401. The van der Waals surface area contributed by atoms with E-state index in [9.17, 15) is 9.90 Å².